The number of hydrogen-bond donors (Lipinski definition) is 1. The Morgan fingerprint density at radius 3 is 2.32 bits per heavy atom. The van der Waals surface area contributed by atoms with Gasteiger partial charge in [-0.3, -0.25) is 0 Å². The van der Waals surface area contributed by atoms with Crippen molar-refractivity contribution >= 4 is 29.1 Å². The summed E-state index contributed by atoms with van der Waals surface area (Å²) in [6.45, 7) is 6.91. The Morgan fingerprint density at radius 2 is 1.64 bits per heavy atom. The van der Waals surface area contributed by atoms with Gasteiger partial charge in [0.2, 0.25) is 0 Å². The standard InChI is InChI=1S/C23H29NO2S2/c1-17(22-27-15-6-16-28-22)20-7-4-5-8-21(20)25-18-9-11-19(12-10-18)26-23(2,3)13-14-24/h4-5,7-12H,6,13-16,24H2,1-3H3. The fourth-order valence-corrected chi connectivity index (χ4v) is 5.66. The predicted octanol–water partition coefficient (Wildman–Crippen LogP) is 6.54. The van der Waals surface area contributed by atoms with Crippen LogP contribution in [-0.4, -0.2) is 23.7 Å². The first kappa shape index (κ1) is 21.2. The molecular weight excluding hydrogens is 386 g/mol. The van der Waals surface area contributed by atoms with Gasteiger partial charge in [-0.15, -0.1) is 23.5 Å². The van der Waals surface area contributed by atoms with Crippen molar-refractivity contribution < 1.29 is 9.47 Å². The van der Waals surface area contributed by atoms with Gasteiger partial charge in [0, 0.05) is 9.80 Å². The second-order valence-electron chi connectivity index (χ2n) is 7.43. The van der Waals surface area contributed by atoms with Gasteiger partial charge in [0.1, 0.15) is 22.8 Å². The van der Waals surface area contributed by atoms with E-state index in [9.17, 15) is 0 Å². The summed E-state index contributed by atoms with van der Waals surface area (Å²) in [5.41, 5.74) is 7.84. The van der Waals surface area contributed by atoms with Crippen LogP contribution < -0.4 is 15.2 Å². The summed E-state index contributed by atoms with van der Waals surface area (Å²) in [7, 11) is 0. The third kappa shape index (κ3) is 5.72. The molecule has 3 rings (SSSR count). The third-order valence-electron chi connectivity index (χ3n) is 4.54. The van der Waals surface area contributed by atoms with E-state index in [2.05, 4.69) is 32.9 Å². The van der Waals surface area contributed by atoms with E-state index >= 15 is 0 Å². The van der Waals surface area contributed by atoms with E-state index in [1.54, 1.807) is 0 Å². The molecule has 1 aliphatic heterocycles. The molecule has 0 aliphatic carbocycles. The van der Waals surface area contributed by atoms with Crippen LogP contribution in [0.25, 0.3) is 5.57 Å². The van der Waals surface area contributed by atoms with Crippen LogP contribution in [0.15, 0.2) is 52.8 Å². The van der Waals surface area contributed by atoms with E-state index in [0.29, 0.717) is 6.54 Å². The van der Waals surface area contributed by atoms with Gasteiger partial charge < -0.3 is 15.2 Å². The first-order valence-corrected chi connectivity index (χ1v) is 11.7. The van der Waals surface area contributed by atoms with Crippen molar-refractivity contribution in [2.75, 3.05) is 18.1 Å². The molecule has 1 saturated heterocycles. The molecule has 28 heavy (non-hydrogen) atoms. The Balaban J connectivity index is 1.76. The average Bonchev–Trinajstić information content (AvgIpc) is 2.70. The first-order valence-electron chi connectivity index (χ1n) is 9.71. The number of nitrogens with two attached hydrogens (primary N) is 1. The number of hydrogen-bond acceptors (Lipinski definition) is 5. The smallest absolute Gasteiger partial charge is 0.134 e. The molecule has 0 saturated carbocycles. The monoisotopic (exact) mass is 415 g/mol. The van der Waals surface area contributed by atoms with Crippen LogP contribution in [0.3, 0.4) is 0 Å². The number of rotatable bonds is 7. The SMILES string of the molecule is CC(=C1SCCCS1)c1ccccc1Oc1ccc(OC(C)(C)CCN)cc1. The Hall–Kier alpha value is -1.56. The van der Waals surface area contributed by atoms with Crippen molar-refractivity contribution in [1.82, 2.24) is 0 Å². The lowest BCUT2D eigenvalue weighted by Gasteiger charge is -2.26. The molecule has 0 amide bonds. The van der Waals surface area contributed by atoms with Gasteiger partial charge in [0.05, 0.1) is 0 Å². The molecule has 2 aromatic carbocycles. The van der Waals surface area contributed by atoms with Crippen molar-refractivity contribution in [3.8, 4) is 17.2 Å². The summed E-state index contributed by atoms with van der Waals surface area (Å²) < 4.78 is 13.7. The maximum absolute atomic E-state index is 6.23. The van der Waals surface area contributed by atoms with Gasteiger partial charge in [-0.25, -0.2) is 0 Å². The maximum atomic E-state index is 6.23. The van der Waals surface area contributed by atoms with Crippen LogP contribution in [0.4, 0.5) is 0 Å². The van der Waals surface area contributed by atoms with Gasteiger partial charge in [0.15, 0.2) is 0 Å². The van der Waals surface area contributed by atoms with Crippen molar-refractivity contribution in [2.45, 2.75) is 39.2 Å². The van der Waals surface area contributed by atoms with Gasteiger partial charge in [-0.1, -0.05) is 18.2 Å². The Bertz CT molecular complexity index is 808. The summed E-state index contributed by atoms with van der Waals surface area (Å²) in [5, 5.41) is 0. The average molecular weight is 416 g/mol. The highest BCUT2D eigenvalue weighted by atomic mass is 32.2. The molecule has 0 bridgehead atoms. The molecule has 0 atom stereocenters. The lowest BCUT2D eigenvalue weighted by molar-refractivity contribution is 0.102. The third-order valence-corrected chi connectivity index (χ3v) is 7.37. The highest BCUT2D eigenvalue weighted by molar-refractivity contribution is 8.23. The Morgan fingerprint density at radius 1 is 1.00 bits per heavy atom. The molecule has 0 spiro atoms. The Kier molecular flexibility index (Phi) is 7.38. The predicted molar refractivity (Wildman–Crippen MR) is 123 cm³/mol. The van der Waals surface area contributed by atoms with Gasteiger partial charge in [-0.2, -0.15) is 0 Å². The van der Waals surface area contributed by atoms with E-state index in [1.165, 1.54) is 27.7 Å². The highest BCUT2D eigenvalue weighted by Gasteiger charge is 2.19. The lowest BCUT2D eigenvalue weighted by Crippen LogP contribution is -2.31. The number of benzene rings is 2. The van der Waals surface area contributed by atoms with Gasteiger partial charge in [-0.05, 0) is 87.6 Å². The molecule has 1 aliphatic rings. The van der Waals surface area contributed by atoms with E-state index in [0.717, 1.165) is 29.2 Å². The quantitative estimate of drug-likeness (QED) is 0.556. The molecule has 1 heterocycles. The molecular formula is C23H29NO2S2. The summed E-state index contributed by atoms with van der Waals surface area (Å²) >= 11 is 3.91. The summed E-state index contributed by atoms with van der Waals surface area (Å²) in [5.74, 6) is 4.91. The minimum absolute atomic E-state index is 0.275. The van der Waals surface area contributed by atoms with Crippen LogP contribution in [0, 0.1) is 0 Å². The van der Waals surface area contributed by atoms with E-state index < -0.39 is 0 Å². The topological polar surface area (TPSA) is 44.5 Å². The summed E-state index contributed by atoms with van der Waals surface area (Å²) in [4.78, 5) is 0. The van der Waals surface area contributed by atoms with Crippen molar-refractivity contribution in [2.24, 2.45) is 5.73 Å². The number of thioether (sulfide) groups is 2. The summed E-state index contributed by atoms with van der Waals surface area (Å²) in [6, 6.07) is 16.1. The molecule has 0 aromatic heterocycles. The zero-order valence-corrected chi connectivity index (χ0v) is 18.5. The largest absolute Gasteiger partial charge is 0.488 e. The lowest BCUT2D eigenvalue weighted by atomic mass is 10.1. The number of ether oxygens (including phenoxy) is 2. The van der Waals surface area contributed by atoms with Crippen LogP contribution in [0.1, 0.15) is 39.2 Å². The van der Waals surface area contributed by atoms with Crippen molar-refractivity contribution in [3.63, 3.8) is 0 Å². The summed E-state index contributed by atoms with van der Waals surface area (Å²) in [6.07, 6.45) is 2.09. The molecule has 2 aromatic rings. The van der Waals surface area contributed by atoms with Crippen LogP contribution >= 0.6 is 23.5 Å². The van der Waals surface area contributed by atoms with Gasteiger partial charge in [0.25, 0.3) is 0 Å². The second-order valence-corrected chi connectivity index (χ2v) is 9.90. The van der Waals surface area contributed by atoms with Crippen LogP contribution in [0.5, 0.6) is 17.2 Å². The maximum Gasteiger partial charge on any atom is 0.134 e. The zero-order valence-electron chi connectivity index (χ0n) is 16.9. The molecule has 1 fully saturated rings. The van der Waals surface area contributed by atoms with Crippen molar-refractivity contribution in [1.29, 1.82) is 0 Å². The molecule has 0 radical (unpaired) electrons. The van der Waals surface area contributed by atoms with Crippen LogP contribution in [0.2, 0.25) is 0 Å². The Labute approximate surface area is 177 Å². The van der Waals surface area contributed by atoms with E-state index in [1.807, 2.05) is 59.9 Å². The molecule has 5 heteroatoms. The van der Waals surface area contributed by atoms with Crippen molar-refractivity contribution in [3.05, 3.63) is 58.3 Å². The fourth-order valence-electron chi connectivity index (χ4n) is 3.04. The zero-order chi connectivity index (χ0) is 20.0. The molecule has 3 nitrogen and oxygen atoms in total. The molecule has 0 unspecified atom stereocenters. The molecule has 2 N–H and O–H groups in total. The fraction of sp³-hybridized carbons (Fsp3) is 0.391. The highest BCUT2D eigenvalue weighted by Crippen LogP contribution is 2.42. The second kappa shape index (κ2) is 9.77. The minimum atomic E-state index is -0.275. The minimum Gasteiger partial charge on any atom is -0.488 e. The molecule has 150 valence electrons. The number of para-hydroxylation sites is 1. The normalized spacial score (nSPS) is 14.6. The van der Waals surface area contributed by atoms with Gasteiger partial charge >= 0.3 is 0 Å². The first-order chi connectivity index (χ1) is 13.5. The van der Waals surface area contributed by atoms with Crippen LogP contribution in [-0.2, 0) is 0 Å². The van der Waals surface area contributed by atoms with E-state index in [4.69, 9.17) is 15.2 Å². The number of allylic oxidation sites excluding steroid dienone is 1. The van der Waals surface area contributed by atoms with E-state index in [-0.39, 0.29) is 5.60 Å².